The van der Waals surface area contributed by atoms with Gasteiger partial charge < -0.3 is 9.73 Å². The summed E-state index contributed by atoms with van der Waals surface area (Å²) < 4.78 is 5.65. The highest BCUT2D eigenvalue weighted by atomic mass is 35.5. The van der Waals surface area contributed by atoms with E-state index in [1.807, 2.05) is 38.1 Å². The third-order valence-electron chi connectivity index (χ3n) is 5.12. The zero-order chi connectivity index (χ0) is 23.5. The monoisotopic (exact) mass is 498 g/mol. The number of amides is 1. The number of halogens is 2. The molecule has 168 valence electrons. The summed E-state index contributed by atoms with van der Waals surface area (Å²) in [6.45, 7) is 4.00. The normalized spacial score (nSPS) is 10.8. The van der Waals surface area contributed by atoms with E-state index in [0.717, 1.165) is 29.1 Å². The average Bonchev–Trinajstić information content (AvgIpc) is 3.39. The third kappa shape index (κ3) is 5.45. The molecule has 3 N–H and O–H groups in total. The van der Waals surface area contributed by atoms with E-state index in [9.17, 15) is 4.79 Å². The van der Waals surface area contributed by atoms with Crippen molar-refractivity contribution >= 4 is 52.1 Å². The molecule has 4 aromatic rings. The molecule has 4 rings (SSSR count). The second-order valence-corrected chi connectivity index (χ2v) is 8.73. The minimum Gasteiger partial charge on any atom is -0.451 e. The molecule has 9 heteroatoms. The first-order chi connectivity index (χ1) is 15.8. The molecule has 6 nitrogen and oxygen atoms in total. The van der Waals surface area contributed by atoms with E-state index in [2.05, 4.69) is 20.8 Å². The van der Waals surface area contributed by atoms with Crippen LogP contribution in [-0.2, 0) is 6.42 Å². The van der Waals surface area contributed by atoms with Crippen molar-refractivity contribution in [2.75, 3.05) is 5.32 Å². The van der Waals surface area contributed by atoms with Crippen molar-refractivity contribution in [3.63, 3.8) is 0 Å². The van der Waals surface area contributed by atoms with E-state index in [4.69, 9.17) is 39.8 Å². The van der Waals surface area contributed by atoms with Gasteiger partial charge in [-0.05, 0) is 74.1 Å². The van der Waals surface area contributed by atoms with Gasteiger partial charge in [-0.15, -0.1) is 0 Å². The van der Waals surface area contributed by atoms with Crippen LogP contribution in [0.4, 0.5) is 5.69 Å². The molecule has 2 aromatic heterocycles. The van der Waals surface area contributed by atoms with Crippen LogP contribution in [-0.4, -0.2) is 21.2 Å². The molecule has 0 aliphatic carbocycles. The Balaban J connectivity index is 1.36. The Bertz CT molecular complexity index is 1310. The van der Waals surface area contributed by atoms with Crippen LogP contribution in [0.1, 0.15) is 33.1 Å². The Morgan fingerprint density at radius 3 is 2.55 bits per heavy atom. The van der Waals surface area contributed by atoms with Gasteiger partial charge in [0.2, 0.25) is 0 Å². The van der Waals surface area contributed by atoms with Crippen LogP contribution >= 0.6 is 35.4 Å². The van der Waals surface area contributed by atoms with Crippen LogP contribution in [0.15, 0.2) is 59.0 Å². The van der Waals surface area contributed by atoms with Crippen molar-refractivity contribution in [3.8, 4) is 11.3 Å². The van der Waals surface area contributed by atoms with E-state index in [-0.39, 0.29) is 10.9 Å². The Labute approximate surface area is 206 Å². The highest BCUT2D eigenvalue weighted by Crippen LogP contribution is 2.31. The lowest BCUT2D eigenvalue weighted by Crippen LogP contribution is -2.33. The second-order valence-electron chi connectivity index (χ2n) is 7.48. The van der Waals surface area contributed by atoms with E-state index in [1.165, 1.54) is 5.56 Å². The van der Waals surface area contributed by atoms with Gasteiger partial charge in [0.1, 0.15) is 5.76 Å². The quantitative estimate of drug-likeness (QED) is 0.280. The number of hydrogen-bond acceptors (Lipinski definition) is 4. The lowest BCUT2D eigenvalue weighted by molar-refractivity contribution is 0.0951. The molecule has 0 spiro atoms. The summed E-state index contributed by atoms with van der Waals surface area (Å²) in [4.78, 5) is 12.5. The number of benzene rings is 2. The number of nitrogens with one attached hydrogen (secondary N) is 3. The molecule has 2 heterocycles. The van der Waals surface area contributed by atoms with Crippen molar-refractivity contribution in [1.82, 2.24) is 15.5 Å². The molecule has 0 bridgehead atoms. The van der Waals surface area contributed by atoms with E-state index in [1.54, 1.807) is 30.3 Å². The lowest BCUT2D eigenvalue weighted by atomic mass is 10.0. The Hall–Kier alpha value is -3.13. The van der Waals surface area contributed by atoms with Gasteiger partial charge in [-0.1, -0.05) is 35.3 Å². The van der Waals surface area contributed by atoms with Gasteiger partial charge in [-0.25, -0.2) is 0 Å². The molecule has 0 unspecified atom stereocenters. The number of thiocarbonyl (C=S) groups is 1. The number of aryl methyl sites for hydroxylation is 2. The average molecular weight is 499 g/mol. The number of furan rings is 1. The van der Waals surface area contributed by atoms with Crippen LogP contribution in [0.2, 0.25) is 10.0 Å². The maximum atomic E-state index is 12.5. The highest BCUT2D eigenvalue weighted by molar-refractivity contribution is 7.80. The van der Waals surface area contributed by atoms with Crippen molar-refractivity contribution in [2.24, 2.45) is 0 Å². The summed E-state index contributed by atoms with van der Waals surface area (Å²) in [5.74, 6) is 0.0658. The summed E-state index contributed by atoms with van der Waals surface area (Å²) in [5.41, 5.74) is 5.76. The van der Waals surface area contributed by atoms with Gasteiger partial charge in [-0.2, -0.15) is 5.10 Å². The third-order valence-corrected chi connectivity index (χ3v) is 5.89. The van der Waals surface area contributed by atoms with Crippen LogP contribution in [0, 0.1) is 13.8 Å². The van der Waals surface area contributed by atoms with Crippen molar-refractivity contribution in [1.29, 1.82) is 0 Å². The summed E-state index contributed by atoms with van der Waals surface area (Å²) in [5, 5.41) is 14.0. The molecule has 2 aromatic carbocycles. The first-order valence-electron chi connectivity index (χ1n) is 10.1. The molecule has 0 aliphatic rings. The molecule has 0 fully saturated rings. The number of aromatic amines is 1. The van der Waals surface area contributed by atoms with E-state index < -0.39 is 5.91 Å². The second kappa shape index (κ2) is 9.79. The SMILES string of the molecule is Cc1n[nH]c(C)c1Cc1ccc(NC(=S)NC(=O)c2ccc(-c3cc(Cl)ccc3Cl)o2)cc1. The summed E-state index contributed by atoms with van der Waals surface area (Å²) >= 11 is 17.5. The molecular formula is C24H20Cl2N4O2S. The molecule has 0 saturated carbocycles. The molecular weight excluding hydrogens is 479 g/mol. The lowest BCUT2D eigenvalue weighted by Gasteiger charge is -2.10. The molecule has 1 amide bonds. The Kier molecular flexibility index (Phi) is 6.83. The minimum atomic E-state index is -0.473. The Morgan fingerprint density at radius 2 is 1.85 bits per heavy atom. The fourth-order valence-electron chi connectivity index (χ4n) is 3.36. The maximum absolute atomic E-state index is 12.5. The molecule has 0 atom stereocenters. The number of H-pyrrole nitrogens is 1. The van der Waals surface area contributed by atoms with Crippen molar-refractivity contribution in [2.45, 2.75) is 20.3 Å². The number of aromatic nitrogens is 2. The fraction of sp³-hybridized carbons (Fsp3) is 0.125. The number of carbonyl (C=O) groups excluding carboxylic acids is 1. The first kappa shape index (κ1) is 23.0. The van der Waals surface area contributed by atoms with Crippen molar-refractivity contribution in [3.05, 3.63) is 92.9 Å². The van der Waals surface area contributed by atoms with Crippen LogP contribution in [0.25, 0.3) is 11.3 Å². The topological polar surface area (TPSA) is 83.0 Å². The molecule has 33 heavy (non-hydrogen) atoms. The van der Waals surface area contributed by atoms with Gasteiger partial charge in [0.25, 0.3) is 5.91 Å². The maximum Gasteiger partial charge on any atom is 0.293 e. The van der Waals surface area contributed by atoms with Gasteiger partial charge in [0.05, 0.1) is 10.7 Å². The van der Waals surface area contributed by atoms with Crippen LogP contribution in [0.5, 0.6) is 0 Å². The zero-order valence-corrected chi connectivity index (χ0v) is 20.2. The molecule has 0 saturated heterocycles. The summed E-state index contributed by atoms with van der Waals surface area (Å²) in [6.07, 6.45) is 0.785. The minimum absolute atomic E-state index is 0.103. The zero-order valence-electron chi connectivity index (χ0n) is 17.8. The highest BCUT2D eigenvalue weighted by Gasteiger charge is 2.16. The number of hydrogen-bond donors (Lipinski definition) is 3. The fourth-order valence-corrected chi connectivity index (χ4v) is 3.96. The summed E-state index contributed by atoms with van der Waals surface area (Å²) in [7, 11) is 0. The number of carbonyl (C=O) groups is 1. The number of anilines is 1. The number of rotatable bonds is 5. The van der Waals surface area contributed by atoms with Gasteiger partial charge in [-0.3, -0.25) is 15.2 Å². The Morgan fingerprint density at radius 1 is 1.09 bits per heavy atom. The molecule has 0 aliphatic heterocycles. The van der Waals surface area contributed by atoms with Crippen molar-refractivity contribution < 1.29 is 9.21 Å². The van der Waals surface area contributed by atoms with Gasteiger partial charge in [0, 0.05) is 34.0 Å². The van der Waals surface area contributed by atoms with E-state index in [0.29, 0.717) is 21.4 Å². The smallest absolute Gasteiger partial charge is 0.293 e. The summed E-state index contributed by atoms with van der Waals surface area (Å²) in [6, 6.07) is 16.1. The van der Waals surface area contributed by atoms with Crippen LogP contribution in [0.3, 0.4) is 0 Å². The van der Waals surface area contributed by atoms with Gasteiger partial charge >= 0.3 is 0 Å². The van der Waals surface area contributed by atoms with Gasteiger partial charge in [0.15, 0.2) is 10.9 Å². The standard InChI is InChI=1S/C24H20Cl2N4O2S/c1-13-18(14(2)30-29-13)11-15-3-6-17(7-4-15)27-24(33)28-23(31)22-10-9-21(32-22)19-12-16(25)5-8-20(19)26/h3-10,12H,11H2,1-2H3,(H,29,30)(H2,27,28,31,33). The largest absolute Gasteiger partial charge is 0.451 e. The molecule has 0 radical (unpaired) electrons. The number of nitrogens with zero attached hydrogens (tertiary/aromatic N) is 1. The first-order valence-corrected chi connectivity index (χ1v) is 11.2. The van der Waals surface area contributed by atoms with Crippen LogP contribution < -0.4 is 10.6 Å². The van der Waals surface area contributed by atoms with E-state index >= 15 is 0 Å². The predicted octanol–water partition coefficient (Wildman–Crippen LogP) is 6.31. The predicted molar refractivity (Wildman–Crippen MR) is 135 cm³/mol.